The Balaban J connectivity index is 2.14. The van der Waals surface area contributed by atoms with E-state index in [4.69, 9.17) is 4.74 Å². The molecule has 0 aliphatic carbocycles. The third kappa shape index (κ3) is 3.07. The van der Waals surface area contributed by atoms with Crippen LogP contribution in [0.15, 0.2) is 24.3 Å². The first-order chi connectivity index (χ1) is 9.13. The highest BCUT2D eigenvalue weighted by Crippen LogP contribution is 2.29. The van der Waals surface area contributed by atoms with Crippen molar-refractivity contribution >= 4 is 11.6 Å². The Morgan fingerprint density at radius 1 is 1.42 bits per heavy atom. The number of piperidine rings is 1. The summed E-state index contributed by atoms with van der Waals surface area (Å²) in [5, 5.41) is 3.37. The average Bonchev–Trinajstić information content (AvgIpc) is 2.45. The lowest BCUT2D eigenvalue weighted by molar-refractivity contribution is -0.123. The van der Waals surface area contributed by atoms with Crippen molar-refractivity contribution in [3.05, 3.63) is 24.3 Å². The topological polar surface area (TPSA) is 41.6 Å². The monoisotopic (exact) mass is 262 g/mol. The number of carbonyl (C=O) groups is 1. The second kappa shape index (κ2) is 6.06. The zero-order valence-electron chi connectivity index (χ0n) is 11.8. The van der Waals surface area contributed by atoms with E-state index in [2.05, 4.69) is 12.2 Å². The molecule has 1 aromatic carbocycles. The second-order valence-electron chi connectivity index (χ2n) is 5.15. The molecule has 1 aliphatic heterocycles. The summed E-state index contributed by atoms with van der Waals surface area (Å²) < 4.78 is 5.32. The van der Waals surface area contributed by atoms with Crippen molar-refractivity contribution in [1.29, 1.82) is 0 Å². The Hall–Kier alpha value is -1.55. The molecule has 19 heavy (non-hydrogen) atoms. The van der Waals surface area contributed by atoms with Gasteiger partial charge in [0.15, 0.2) is 0 Å². The molecule has 2 unspecified atom stereocenters. The minimum Gasteiger partial charge on any atom is -0.495 e. The number of carbonyl (C=O) groups excluding carboxylic acids is 1. The van der Waals surface area contributed by atoms with Crippen molar-refractivity contribution in [2.75, 3.05) is 25.6 Å². The number of benzene rings is 1. The van der Waals surface area contributed by atoms with Crippen LogP contribution in [0.25, 0.3) is 0 Å². The van der Waals surface area contributed by atoms with Gasteiger partial charge in [-0.25, -0.2) is 0 Å². The standard InChI is InChI=1S/C15H22N2O2/c1-11-10-12(8-9-16-11)15(18)17(2)13-6-4-5-7-14(13)19-3/h4-7,11-12,16H,8-10H2,1-3H3. The molecule has 1 aliphatic rings. The Morgan fingerprint density at radius 2 is 2.16 bits per heavy atom. The van der Waals surface area contributed by atoms with Crippen molar-refractivity contribution in [3.63, 3.8) is 0 Å². The third-order valence-electron chi connectivity index (χ3n) is 3.75. The van der Waals surface area contributed by atoms with Gasteiger partial charge in [-0.05, 0) is 38.4 Å². The van der Waals surface area contributed by atoms with Crippen molar-refractivity contribution in [1.82, 2.24) is 5.32 Å². The maximum atomic E-state index is 12.6. The zero-order valence-corrected chi connectivity index (χ0v) is 11.8. The van der Waals surface area contributed by atoms with Crippen LogP contribution in [0.2, 0.25) is 0 Å². The van der Waals surface area contributed by atoms with E-state index >= 15 is 0 Å². The molecule has 2 rings (SSSR count). The SMILES string of the molecule is COc1ccccc1N(C)C(=O)C1CCNC(C)C1. The highest BCUT2D eigenvalue weighted by atomic mass is 16.5. The van der Waals surface area contributed by atoms with Crippen molar-refractivity contribution in [3.8, 4) is 5.75 Å². The summed E-state index contributed by atoms with van der Waals surface area (Å²) in [4.78, 5) is 14.3. The molecule has 0 bridgehead atoms. The van der Waals surface area contributed by atoms with Crippen molar-refractivity contribution < 1.29 is 9.53 Å². The number of anilines is 1. The lowest BCUT2D eigenvalue weighted by Crippen LogP contribution is -2.43. The first-order valence-electron chi connectivity index (χ1n) is 6.77. The number of para-hydroxylation sites is 2. The Bertz CT molecular complexity index is 448. The molecule has 1 saturated heterocycles. The fourth-order valence-electron chi connectivity index (χ4n) is 2.66. The molecule has 1 fully saturated rings. The van der Waals surface area contributed by atoms with Gasteiger partial charge in [0.05, 0.1) is 12.8 Å². The molecule has 1 heterocycles. The summed E-state index contributed by atoms with van der Waals surface area (Å²) in [6.45, 7) is 3.04. The van der Waals surface area contributed by atoms with Gasteiger partial charge >= 0.3 is 0 Å². The minimum absolute atomic E-state index is 0.103. The molecular formula is C15H22N2O2. The first kappa shape index (κ1) is 13.9. The highest BCUT2D eigenvalue weighted by molar-refractivity contribution is 5.96. The molecule has 104 valence electrons. The van der Waals surface area contributed by atoms with E-state index in [0.717, 1.165) is 30.8 Å². The number of hydrogen-bond donors (Lipinski definition) is 1. The number of hydrogen-bond acceptors (Lipinski definition) is 3. The van der Waals surface area contributed by atoms with Gasteiger partial charge in [-0.15, -0.1) is 0 Å². The molecule has 0 spiro atoms. The van der Waals surface area contributed by atoms with E-state index in [-0.39, 0.29) is 11.8 Å². The summed E-state index contributed by atoms with van der Waals surface area (Å²) in [5.74, 6) is 1.02. The predicted molar refractivity (Wildman–Crippen MR) is 76.6 cm³/mol. The highest BCUT2D eigenvalue weighted by Gasteiger charge is 2.28. The lowest BCUT2D eigenvalue weighted by atomic mass is 9.92. The van der Waals surface area contributed by atoms with Crippen LogP contribution >= 0.6 is 0 Å². The average molecular weight is 262 g/mol. The van der Waals surface area contributed by atoms with Gasteiger partial charge in [-0.1, -0.05) is 12.1 Å². The maximum absolute atomic E-state index is 12.6. The molecule has 1 aromatic rings. The summed E-state index contributed by atoms with van der Waals surface area (Å²) in [6, 6.07) is 8.04. The quantitative estimate of drug-likeness (QED) is 0.906. The molecule has 4 heteroatoms. The molecule has 0 aromatic heterocycles. The molecule has 4 nitrogen and oxygen atoms in total. The van der Waals surface area contributed by atoms with Crippen LogP contribution in [0.5, 0.6) is 5.75 Å². The van der Waals surface area contributed by atoms with Gasteiger partial charge in [0, 0.05) is 19.0 Å². The van der Waals surface area contributed by atoms with Crippen LogP contribution < -0.4 is 15.0 Å². The normalized spacial score (nSPS) is 22.9. The number of amides is 1. The van der Waals surface area contributed by atoms with Crippen molar-refractivity contribution in [2.24, 2.45) is 5.92 Å². The van der Waals surface area contributed by atoms with E-state index in [0.29, 0.717) is 6.04 Å². The van der Waals surface area contributed by atoms with Gasteiger partial charge in [0.2, 0.25) is 5.91 Å². The van der Waals surface area contributed by atoms with Gasteiger partial charge in [0.25, 0.3) is 0 Å². The van der Waals surface area contributed by atoms with E-state index in [1.807, 2.05) is 31.3 Å². The lowest BCUT2D eigenvalue weighted by Gasteiger charge is -2.30. The van der Waals surface area contributed by atoms with Crippen LogP contribution in [0.4, 0.5) is 5.69 Å². The van der Waals surface area contributed by atoms with Crippen LogP contribution in [0.1, 0.15) is 19.8 Å². The molecule has 1 amide bonds. The summed E-state index contributed by atoms with van der Waals surface area (Å²) in [7, 11) is 3.45. The summed E-state index contributed by atoms with van der Waals surface area (Å²) in [6.07, 6.45) is 1.81. The van der Waals surface area contributed by atoms with E-state index in [1.165, 1.54) is 0 Å². The van der Waals surface area contributed by atoms with Crippen molar-refractivity contribution in [2.45, 2.75) is 25.8 Å². The number of nitrogens with one attached hydrogen (secondary N) is 1. The zero-order chi connectivity index (χ0) is 13.8. The van der Waals surface area contributed by atoms with Gasteiger partial charge in [-0.3, -0.25) is 4.79 Å². The van der Waals surface area contributed by atoms with Crippen LogP contribution in [0, 0.1) is 5.92 Å². The Morgan fingerprint density at radius 3 is 2.84 bits per heavy atom. The Labute approximate surface area is 114 Å². The second-order valence-corrected chi connectivity index (χ2v) is 5.15. The maximum Gasteiger partial charge on any atom is 0.230 e. The van der Waals surface area contributed by atoms with Crippen LogP contribution in [-0.2, 0) is 4.79 Å². The van der Waals surface area contributed by atoms with Gasteiger partial charge in [-0.2, -0.15) is 0 Å². The number of ether oxygens (including phenoxy) is 1. The van der Waals surface area contributed by atoms with E-state index < -0.39 is 0 Å². The van der Waals surface area contributed by atoms with Gasteiger partial charge in [0.1, 0.15) is 5.75 Å². The molecular weight excluding hydrogens is 240 g/mol. The minimum atomic E-state index is 0.103. The first-order valence-corrected chi connectivity index (χ1v) is 6.77. The summed E-state index contributed by atoms with van der Waals surface area (Å²) in [5.41, 5.74) is 0.834. The number of rotatable bonds is 3. The molecule has 1 N–H and O–H groups in total. The Kier molecular flexibility index (Phi) is 4.43. The largest absolute Gasteiger partial charge is 0.495 e. The van der Waals surface area contributed by atoms with Gasteiger partial charge < -0.3 is 15.0 Å². The predicted octanol–water partition coefficient (Wildman–Crippen LogP) is 2.05. The molecule has 0 saturated carbocycles. The van der Waals surface area contributed by atoms with E-state index in [1.54, 1.807) is 12.0 Å². The smallest absolute Gasteiger partial charge is 0.230 e. The summed E-state index contributed by atoms with van der Waals surface area (Å²) >= 11 is 0. The molecule has 2 atom stereocenters. The number of nitrogens with zero attached hydrogens (tertiary/aromatic N) is 1. The van der Waals surface area contributed by atoms with E-state index in [9.17, 15) is 4.79 Å². The number of methoxy groups -OCH3 is 1. The van der Waals surface area contributed by atoms with Crippen LogP contribution in [0.3, 0.4) is 0 Å². The van der Waals surface area contributed by atoms with Crippen LogP contribution in [-0.4, -0.2) is 32.7 Å². The third-order valence-corrected chi connectivity index (χ3v) is 3.75. The fourth-order valence-corrected chi connectivity index (χ4v) is 2.66. The molecule has 0 radical (unpaired) electrons. The fraction of sp³-hybridized carbons (Fsp3) is 0.533.